The molecule has 17 rings (SSSR count). The van der Waals surface area contributed by atoms with E-state index in [-0.39, 0.29) is 40.1 Å². The van der Waals surface area contributed by atoms with Crippen LogP contribution in [0.4, 0.5) is 53.7 Å². The summed E-state index contributed by atoms with van der Waals surface area (Å²) in [4.78, 5) is 130. The lowest BCUT2D eigenvalue weighted by Crippen LogP contribution is -2.40. The SMILES string of the molecule is CC(C)(C)OC(=O)N1CCc2nc(Cl)nc(Cl)c2C1.CC(C)(C)OC(=O)N1CCc2nc(Cl)nc(NCCc3ccccn3)c2C1.Cc1cncc(-c2nc3c(c(NCCc4ccccn4)n2)CN(C(=O)Nc2ccccc2)CC3)c1.Cc1cncc(B(O)O)c1.NCCc1cccnc1.O=C(Nc1ccccc1)N1CCc2nc(Cl)nc(NCCc3ccccn3)c2C1.O=C=Nc1ccccc1. The Balaban J connectivity index is 0.000000163. The lowest BCUT2D eigenvalue weighted by atomic mass is 9.81. The molecule has 3 aromatic carbocycles. The smallest absolute Gasteiger partial charge is 0.444 e. The third-order valence-electron chi connectivity index (χ3n) is 20.6. The fraction of sp³-hybridized carbons (Fsp3) is 0.303. The number of carbonyl (C=O) groups excluding carboxylic acids is 5. The Hall–Kier alpha value is -14.2. The van der Waals surface area contributed by atoms with E-state index < -0.39 is 18.3 Å². The third kappa shape index (κ3) is 34.3. The number of nitrogens with one attached hydrogen (secondary N) is 5. The molecule has 0 radical (unpaired) electrons. The zero-order valence-corrected chi connectivity index (χ0v) is 80.9. The van der Waals surface area contributed by atoms with Gasteiger partial charge in [-0.3, -0.25) is 29.9 Å². The van der Waals surface area contributed by atoms with Gasteiger partial charge in [0.25, 0.3) is 0 Å². The third-order valence-corrected chi connectivity index (χ3v) is 21.5. The molecular formula is C99H110BCl4N25O9. The molecule has 34 nitrogen and oxygen atoms in total. The van der Waals surface area contributed by atoms with Crippen molar-refractivity contribution >= 4 is 124 Å². The van der Waals surface area contributed by atoms with E-state index in [4.69, 9.17) is 81.6 Å². The number of anilines is 5. The van der Waals surface area contributed by atoms with Crippen molar-refractivity contribution in [3.05, 3.63) is 325 Å². The molecular weight excluding hydrogens is 1840 g/mol. The first-order chi connectivity index (χ1) is 66.5. The van der Waals surface area contributed by atoms with Gasteiger partial charge in [-0.2, -0.15) is 4.99 Å². The first-order valence-corrected chi connectivity index (χ1v) is 46.2. The molecule has 716 valence electrons. The van der Waals surface area contributed by atoms with Gasteiger partial charge in [-0.15, -0.1) is 0 Å². The summed E-state index contributed by atoms with van der Waals surface area (Å²) in [6, 6.07) is 52.9. The summed E-state index contributed by atoms with van der Waals surface area (Å²) in [7, 11) is -1.41. The number of amides is 6. The summed E-state index contributed by atoms with van der Waals surface area (Å²) < 4.78 is 10.8. The van der Waals surface area contributed by atoms with Gasteiger partial charge in [0.2, 0.25) is 21.9 Å². The zero-order valence-electron chi connectivity index (χ0n) is 77.9. The van der Waals surface area contributed by atoms with Crippen LogP contribution in [0.5, 0.6) is 0 Å². The van der Waals surface area contributed by atoms with E-state index in [2.05, 4.69) is 91.4 Å². The van der Waals surface area contributed by atoms with E-state index in [1.54, 1.807) is 75.0 Å². The monoisotopic (exact) mass is 1940 g/mol. The maximum absolute atomic E-state index is 13.0. The molecule has 10 aromatic heterocycles. The molecule has 9 N–H and O–H groups in total. The minimum atomic E-state index is -1.41. The Morgan fingerprint density at radius 3 is 1.26 bits per heavy atom. The quantitative estimate of drug-likeness (QED) is 0.0122. The molecule has 6 amide bonds. The van der Waals surface area contributed by atoms with Crippen molar-refractivity contribution in [3.8, 4) is 11.4 Å². The van der Waals surface area contributed by atoms with E-state index in [0.717, 1.165) is 122 Å². The number of nitrogens with zero attached hydrogens (tertiary/aromatic N) is 19. The van der Waals surface area contributed by atoms with Crippen LogP contribution in [0.2, 0.25) is 21.0 Å². The largest absolute Gasteiger partial charge is 0.490 e. The molecule has 0 saturated heterocycles. The predicted molar refractivity (Wildman–Crippen MR) is 535 cm³/mol. The summed E-state index contributed by atoms with van der Waals surface area (Å²) in [5.41, 5.74) is 21.0. The second-order valence-electron chi connectivity index (χ2n) is 33.7. The normalized spacial score (nSPS) is 12.5. The van der Waals surface area contributed by atoms with E-state index in [9.17, 15) is 24.0 Å². The number of nitrogens with two attached hydrogens (primary N) is 1. The number of hydrogen-bond acceptors (Lipinski definition) is 28. The van der Waals surface area contributed by atoms with Gasteiger partial charge in [-0.1, -0.05) is 96.5 Å². The van der Waals surface area contributed by atoms with E-state index in [0.29, 0.717) is 138 Å². The highest BCUT2D eigenvalue weighted by molar-refractivity contribution is 6.58. The summed E-state index contributed by atoms with van der Waals surface area (Å²) in [5.74, 6) is 2.73. The van der Waals surface area contributed by atoms with Crippen molar-refractivity contribution in [2.75, 3.05) is 78.9 Å². The molecule has 39 heteroatoms. The van der Waals surface area contributed by atoms with Crippen molar-refractivity contribution in [2.45, 2.75) is 144 Å². The van der Waals surface area contributed by atoms with Crippen molar-refractivity contribution < 1.29 is 43.5 Å². The number of aromatic nitrogens is 14. The van der Waals surface area contributed by atoms with Crippen molar-refractivity contribution in [1.29, 1.82) is 0 Å². The molecule has 0 saturated carbocycles. The highest BCUT2D eigenvalue weighted by Crippen LogP contribution is 2.33. The number of rotatable bonds is 19. The fourth-order valence-electron chi connectivity index (χ4n) is 14.1. The topological polar surface area (TPSA) is 436 Å². The number of fused-ring (bicyclic) bond motifs is 4. The van der Waals surface area contributed by atoms with E-state index in [1.165, 1.54) is 17.8 Å². The Kier molecular flexibility index (Phi) is 39.9. The van der Waals surface area contributed by atoms with Crippen LogP contribution in [-0.4, -0.2) is 200 Å². The average Bonchev–Trinajstić information content (AvgIpc) is 0.795. The van der Waals surface area contributed by atoms with Gasteiger partial charge in [-0.05, 0) is 205 Å². The average molecular weight is 1950 g/mol. The lowest BCUT2D eigenvalue weighted by Gasteiger charge is -2.31. The number of isocyanates is 1. The first-order valence-electron chi connectivity index (χ1n) is 44.7. The Bertz CT molecular complexity index is 6160. The molecule has 0 spiro atoms. The summed E-state index contributed by atoms with van der Waals surface area (Å²) in [6.07, 6.45) is 22.1. The number of ether oxygens (including phenoxy) is 2. The van der Waals surface area contributed by atoms with Crippen LogP contribution in [0.15, 0.2) is 231 Å². The van der Waals surface area contributed by atoms with Crippen LogP contribution in [0.1, 0.15) is 120 Å². The number of para-hydroxylation sites is 3. The van der Waals surface area contributed by atoms with Crippen LogP contribution < -0.4 is 37.8 Å². The molecule has 13 aromatic rings. The number of aliphatic imine (C=N–C) groups is 1. The molecule has 0 bridgehead atoms. The summed E-state index contributed by atoms with van der Waals surface area (Å²) in [5, 5.41) is 34.2. The molecule has 4 aliphatic heterocycles. The number of carbonyl (C=O) groups is 4. The summed E-state index contributed by atoms with van der Waals surface area (Å²) >= 11 is 24.0. The van der Waals surface area contributed by atoms with Crippen LogP contribution >= 0.6 is 46.4 Å². The Morgan fingerprint density at radius 1 is 0.449 bits per heavy atom. The van der Waals surface area contributed by atoms with Crippen LogP contribution in [0.3, 0.4) is 0 Å². The van der Waals surface area contributed by atoms with Gasteiger partial charge in [0, 0.05) is 208 Å². The van der Waals surface area contributed by atoms with Crippen molar-refractivity contribution in [1.82, 2.24) is 89.4 Å². The lowest BCUT2D eigenvalue weighted by molar-refractivity contribution is 0.0212. The number of hydrogen-bond donors (Lipinski definition) is 8. The standard InChI is InChI=1S/C27H27N7O.C21H21ClN6O.C19H24ClN5O2.C12H15Cl2N3O2.C7H10N2.C7H5NO.C6H8BNO2/c1-19-15-20(17-28-16-19)25-32-24-11-14-34(27(35)31-22-8-3-2-4-9-22)18-23(24)26(33-25)30-13-10-21-7-5-6-12-29-21;22-20-26-18-10-13-28(21(29)25-16-7-2-1-3-8-16)14-17(18)19(27-20)24-12-9-15-6-4-5-11-23-15;1-19(2,3)27-18(26)25-11-8-15-14(12-25)16(24-17(20)23-15)22-10-7-13-6-4-5-9-21-13;1-12(2,3)19-11(18)17-5-4-8-7(6-17)9(13)16-10(14)15-8;8-4-3-7-2-1-5-9-6-7;9-6-8-7-4-2-1-3-5-7;1-5-2-6(7(9)10)4-8-3-5/h2-9,12,15-17H,10-11,13-14,18H2,1H3,(H,31,35)(H,30,32,33);1-8,11H,9-10,12-14H2,(H,25,29)(H,24,26,27);4-6,9H,7-8,10-12H2,1-3H3,(H,22,23,24);4-6H2,1-3H3;1-2,5-6H,3-4,8H2;1-5H;2-4,9-10H,1H3. The molecule has 0 fully saturated rings. The Labute approximate surface area is 822 Å². The molecule has 14 heterocycles. The first kappa shape index (κ1) is 104. The highest BCUT2D eigenvalue weighted by Gasteiger charge is 2.33. The summed E-state index contributed by atoms with van der Waals surface area (Å²) in [6.45, 7) is 21.4. The number of benzene rings is 3. The fourth-order valence-corrected chi connectivity index (χ4v) is 14.9. The van der Waals surface area contributed by atoms with Crippen LogP contribution in [-0.2, 0) is 91.8 Å². The molecule has 0 atom stereocenters. The van der Waals surface area contributed by atoms with Gasteiger partial charge >= 0.3 is 31.4 Å². The van der Waals surface area contributed by atoms with Gasteiger partial charge in [0.1, 0.15) is 33.8 Å². The number of halogens is 4. The number of pyridine rings is 6. The van der Waals surface area contributed by atoms with Gasteiger partial charge in [0.15, 0.2) is 5.82 Å². The maximum Gasteiger partial charge on any atom is 0.490 e. The van der Waals surface area contributed by atoms with Crippen molar-refractivity contribution in [2.24, 2.45) is 10.7 Å². The van der Waals surface area contributed by atoms with Crippen molar-refractivity contribution in [3.63, 3.8) is 0 Å². The van der Waals surface area contributed by atoms with Gasteiger partial charge in [-0.25, -0.2) is 63.8 Å². The van der Waals surface area contributed by atoms with Crippen LogP contribution in [0.25, 0.3) is 11.4 Å². The van der Waals surface area contributed by atoms with Crippen LogP contribution in [0, 0.1) is 13.8 Å². The maximum atomic E-state index is 13.0. The molecule has 0 unspecified atom stereocenters. The minimum Gasteiger partial charge on any atom is -0.444 e. The molecule has 0 aliphatic carbocycles. The second-order valence-corrected chi connectivity index (χ2v) is 35.0. The second kappa shape index (κ2) is 52.8. The zero-order chi connectivity index (χ0) is 98.4. The number of aryl methyl sites for hydroxylation is 2. The molecule has 4 aliphatic rings. The minimum absolute atomic E-state index is 0.131. The highest BCUT2D eigenvalue weighted by atomic mass is 35.5. The van der Waals surface area contributed by atoms with Gasteiger partial charge in [0.05, 0.1) is 54.6 Å². The van der Waals surface area contributed by atoms with E-state index in [1.807, 2.05) is 219 Å². The number of urea groups is 2. The van der Waals surface area contributed by atoms with E-state index >= 15 is 0 Å². The Morgan fingerprint density at radius 2 is 0.855 bits per heavy atom. The van der Waals surface area contributed by atoms with Gasteiger partial charge < -0.3 is 71.4 Å². The molecule has 138 heavy (non-hydrogen) atoms. The predicted octanol–water partition coefficient (Wildman–Crippen LogP) is 16.1.